The van der Waals surface area contributed by atoms with Crippen LogP contribution in [0.3, 0.4) is 0 Å². The number of hydrogen-bond acceptors (Lipinski definition) is 3. The third kappa shape index (κ3) is 3.73. The molecule has 1 saturated heterocycles. The lowest BCUT2D eigenvalue weighted by molar-refractivity contribution is -0.00895. The van der Waals surface area contributed by atoms with E-state index in [1.165, 1.54) is 0 Å². The SMILES string of the molecule is C#CCC1COCCN1C(=O)OCc1ccccc1. The molecule has 1 fully saturated rings. The molecule has 1 atom stereocenters. The molecule has 1 heterocycles. The summed E-state index contributed by atoms with van der Waals surface area (Å²) in [4.78, 5) is 13.7. The molecule has 4 nitrogen and oxygen atoms in total. The Morgan fingerprint density at radius 1 is 1.47 bits per heavy atom. The number of terminal acetylenes is 1. The van der Waals surface area contributed by atoms with Crippen molar-refractivity contribution in [3.05, 3.63) is 35.9 Å². The van der Waals surface area contributed by atoms with Gasteiger partial charge in [0.05, 0.1) is 19.3 Å². The summed E-state index contributed by atoms with van der Waals surface area (Å²) in [6.45, 7) is 1.81. The van der Waals surface area contributed by atoms with Crippen molar-refractivity contribution in [1.82, 2.24) is 4.90 Å². The van der Waals surface area contributed by atoms with Crippen molar-refractivity contribution in [2.75, 3.05) is 19.8 Å². The third-order valence-electron chi connectivity index (χ3n) is 3.02. The Hall–Kier alpha value is -1.99. The Bertz CT molecular complexity index is 452. The zero-order chi connectivity index (χ0) is 13.5. The minimum Gasteiger partial charge on any atom is -0.445 e. The minimum absolute atomic E-state index is 0.0815. The van der Waals surface area contributed by atoms with E-state index in [0.717, 1.165) is 5.56 Å². The van der Waals surface area contributed by atoms with Gasteiger partial charge in [0.2, 0.25) is 0 Å². The molecule has 1 aliphatic heterocycles. The second-order valence-electron chi connectivity index (χ2n) is 4.37. The molecule has 0 saturated carbocycles. The highest BCUT2D eigenvalue weighted by Gasteiger charge is 2.27. The second-order valence-corrected chi connectivity index (χ2v) is 4.37. The van der Waals surface area contributed by atoms with Crippen LogP contribution in [0.5, 0.6) is 0 Å². The Balaban J connectivity index is 1.89. The summed E-state index contributed by atoms with van der Waals surface area (Å²) >= 11 is 0. The van der Waals surface area contributed by atoms with Crippen LogP contribution in [0.1, 0.15) is 12.0 Å². The number of nitrogens with zero attached hydrogens (tertiary/aromatic N) is 1. The summed E-state index contributed by atoms with van der Waals surface area (Å²) in [6.07, 6.45) is 5.46. The largest absolute Gasteiger partial charge is 0.445 e. The zero-order valence-corrected chi connectivity index (χ0v) is 10.7. The standard InChI is InChI=1S/C15H17NO3/c1-2-6-14-12-18-10-9-16(14)15(17)19-11-13-7-4-3-5-8-13/h1,3-5,7-8,14H,6,9-12H2. The summed E-state index contributed by atoms with van der Waals surface area (Å²) in [7, 11) is 0. The molecular weight excluding hydrogens is 242 g/mol. The predicted molar refractivity (Wildman–Crippen MR) is 71.4 cm³/mol. The fraction of sp³-hybridized carbons (Fsp3) is 0.400. The van der Waals surface area contributed by atoms with E-state index in [1.807, 2.05) is 30.3 Å². The number of hydrogen-bond donors (Lipinski definition) is 0. The van der Waals surface area contributed by atoms with Gasteiger partial charge in [-0.25, -0.2) is 4.79 Å². The van der Waals surface area contributed by atoms with Crippen molar-refractivity contribution in [3.8, 4) is 12.3 Å². The van der Waals surface area contributed by atoms with E-state index in [0.29, 0.717) is 26.2 Å². The molecule has 1 aromatic rings. The smallest absolute Gasteiger partial charge is 0.410 e. The van der Waals surface area contributed by atoms with Crippen LogP contribution in [0.2, 0.25) is 0 Å². The first-order chi connectivity index (χ1) is 9.31. The van der Waals surface area contributed by atoms with Gasteiger partial charge < -0.3 is 9.47 Å². The van der Waals surface area contributed by atoms with E-state index in [1.54, 1.807) is 4.90 Å². The summed E-state index contributed by atoms with van der Waals surface area (Å²) in [6, 6.07) is 9.52. The van der Waals surface area contributed by atoms with E-state index in [9.17, 15) is 4.79 Å². The van der Waals surface area contributed by atoms with Crippen LogP contribution in [-0.4, -0.2) is 36.8 Å². The van der Waals surface area contributed by atoms with E-state index < -0.39 is 0 Å². The molecule has 0 spiro atoms. The highest BCUT2D eigenvalue weighted by atomic mass is 16.6. The predicted octanol–water partition coefficient (Wildman–Crippen LogP) is 2.05. The maximum atomic E-state index is 12.0. The fourth-order valence-corrected chi connectivity index (χ4v) is 2.00. The Morgan fingerprint density at radius 2 is 2.26 bits per heavy atom. The molecule has 19 heavy (non-hydrogen) atoms. The summed E-state index contributed by atoms with van der Waals surface area (Å²) < 4.78 is 10.6. The first-order valence-electron chi connectivity index (χ1n) is 6.30. The number of carbonyl (C=O) groups excluding carboxylic acids is 1. The number of rotatable bonds is 3. The average Bonchev–Trinajstić information content (AvgIpc) is 2.47. The number of carbonyl (C=O) groups is 1. The molecule has 1 aromatic carbocycles. The highest BCUT2D eigenvalue weighted by molar-refractivity contribution is 5.68. The maximum absolute atomic E-state index is 12.0. The Kier molecular flexibility index (Phi) is 4.82. The van der Waals surface area contributed by atoms with Crippen molar-refractivity contribution < 1.29 is 14.3 Å². The second kappa shape index (κ2) is 6.81. The summed E-state index contributed by atoms with van der Waals surface area (Å²) in [5.74, 6) is 2.57. The average molecular weight is 259 g/mol. The monoisotopic (exact) mass is 259 g/mol. The number of morpholine rings is 1. The molecule has 0 aliphatic carbocycles. The first kappa shape index (κ1) is 13.4. The Labute approximate surface area is 113 Å². The van der Waals surface area contributed by atoms with E-state index in [-0.39, 0.29) is 18.7 Å². The lowest BCUT2D eigenvalue weighted by Gasteiger charge is -2.33. The highest BCUT2D eigenvalue weighted by Crippen LogP contribution is 2.12. The molecule has 4 heteroatoms. The van der Waals surface area contributed by atoms with Crippen molar-refractivity contribution in [2.24, 2.45) is 0 Å². The summed E-state index contributed by atoms with van der Waals surface area (Å²) in [5, 5.41) is 0. The molecule has 0 aromatic heterocycles. The Morgan fingerprint density at radius 3 is 3.00 bits per heavy atom. The van der Waals surface area contributed by atoms with Crippen molar-refractivity contribution in [1.29, 1.82) is 0 Å². The molecule has 0 N–H and O–H groups in total. The van der Waals surface area contributed by atoms with Crippen LogP contribution in [-0.2, 0) is 16.1 Å². The van der Waals surface area contributed by atoms with E-state index >= 15 is 0 Å². The lowest BCUT2D eigenvalue weighted by atomic mass is 10.2. The minimum atomic E-state index is -0.326. The van der Waals surface area contributed by atoms with Gasteiger partial charge in [0, 0.05) is 13.0 Å². The van der Waals surface area contributed by atoms with Crippen molar-refractivity contribution in [3.63, 3.8) is 0 Å². The lowest BCUT2D eigenvalue weighted by Crippen LogP contribution is -2.48. The number of ether oxygens (including phenoxy) is 2. The van der Waals surface area contributed by atoms with E-state index in [4.69, 9.17) is 15.9 Å². The van der Waals surface area contributed by atoms with Gasteiger partial charge in [-0.1, -0.05) is 30.3 Å². The van der Waals surface area contributed by atoms with Crippen LogP contribution in [0.25, 0.3) is 0 Å². The van der Waals surface area contributed by atoms with Gasteiger partial charge in [-0.2, -0.15) is 0 Å². The molecule has 0 bridgehead atoms. The van der Waals surface area contributed by atoms with Crippen LogP contribution in [0.4, 0.5) is 4.79 Å². The maximum Gasteiger partial charge on any atom is 0.410 e. The van der Waals surface area contributed by atoms with Crippen molar-refractivity contribution >= 4 is 6.09 Å². The normalized spacial score (nSPS) is 18.7. The van der Waals surface area contributed by atoms with E-state index in [2.05, 4.69) is 5.92 Å². The summed E-state index contributed by atoms with van der Waals surface area (Å²) in [5.41, 5.74) is 0.970. The van der Waals surface area contributed by atoms with Gasteiger partial charge in [-0.15, -0.1) is 12.3 Å². The quantitative estimate of drug-likeness (QED) is 0.780. The first-order valence-corrected chi connectivity index (χ1v) is 6.30. The third-order valence-corrected chi connectivity index (χ3v) is 3.02. The van der Waals surface area contributed by atoms with Gasteiger partial charge in [0.25, 0.3) is 0 Å². The van der Waals surface area contributed by atoms with Gasteiger partial charge in [0.1, 0.15) is 6.61 Å². The van der Waals surface area contributed by atoms with Crippen LogP contribution in [0.15, 0.2) is 30.3 Å². The molecule has 1 aliphatic rings. The van der Waals surface area contributed by atoms with Crippen LogP contribution < -0.4 is 0 Å². The molecule has 0 radical (unpaired) electrons. The number of amides is 1. The van der Waals surface area contributed by atoms with Crippen molar-refractivity contribution in [2.45, 2.75) is 19.1 Å². The fourth-order valence-electron chi connectivity index (χ4n) is 2.00. The molecule has 1 unspecified atom stereocenters. The van der Waals surface area contributed by atoms with Gasteiger partial charge >= 0.3 is 6.09 Å². The van der Waals surface area contributed by atoms with Gasteiger partial charge in [-0.3, -0.25) is 4.90 Å². The molecule has 2 rings (SSSR count). The van der Waals surface area contributed by atoms with Gasteiger partial charge in [-0.05, 0) is 5.56 Å². The molecular formula is C15H17NO3. The van der Waals surface area contributed by atoms with Crippen LogP contribution >= 0.6 is 0 Å². The van der Waals surface area contributed by atoms with Crippen LogP contribution in [0, 0.1) is 12.3 Å². The number of benzene rings is 1. The molecule has 100 valence electrons. The zero-order valence-electron chi connectivity index (χ0n) is 10.7. The topological polar surface area (TPSA) is 38.8 Å². The van der Waals surface area contributed by atoms with Gasteiger partial charge in [0.15, 0.2) is 0 Å². The molecule has 1 amide bonds.